The van der Waals surface area contributed by atoms with Gasteiger partial charge in [-0.2, -0.15) is 0 Å². The van der Waals surface area contributed by atoms with Crippen LogP contribution in [0, 0.1) is 6.92 Å². The minimum absolute atomic E-state index is 0.354. The number of rotatable bonds is 4. The van der Waals surface area contributed by atoms with Gasteiger partial charge in [-0.05, 0) is 30.7 Å². The molecule has 0 radical (unpaired) electrons. The molecule has 0 heterocycles. The van der Waals surface area contributed by atoms with E-state index in [4.69, 9.17) is 16.7 Å². The van der Waals surface area contributed by atoms with E-state index in [0.717, 1.165) is 5.56 Å². The maximum Gasteiger partial charge on any atom is 0.332 e. The number of benzene rings is 1. The highest BCUT2D eigenvalue weighted by Gasteiger charge is 2.07. The molecule has 1 amide bonds. The van der Waals surface area contributed by atoms with E-state index in [0.29, 0.717) is 10.6 Å². The van der Waals surface area contributed by atoms with E-state index >= 15 is 0 Å². The number of hydrogen-bond acceptors (Lipinski definition) is 3. The van der Waals surface area contributed by atoms with Crippen LogP contribution in [0.3, 0.4) is 0 Å². The van der Waals surface area contributed by atoms with Crippen molar-refractivity contribution in [3.05, 3.63) is 34.3 Å². The van der Waals surface area contributed by atoms with Gasteiger partial charge in [0.15, 0.2) is 6.61 Å². The van der Waals surface area contributed by atoms with Crippen LogP contribution < -0.4 is 5.48 Å². The third kappa shape index (κ3) is 3.52. The smallest absolute Gasteiger partial charge is 0.332 e. The van der Waals surface area contributed by atoms with Gasteiger partial charge in [-0.1, -0.05) is 11.6 Å². The highest BCUT2D eigenvalue weighted by atomic mass is 35.5. The van der Waals surface area contributed by atoms with Gasteiger partial charge in [0.2, 0.25) is 0 Å². The van der Waals surface area contributed by atoms with Crippen molar-refractivity contribution < 1.29 is 19.5 Å². The second-order valence-corrected chi connectivity index (χ2v) is 3.48. The Balaban J connectivity index is 2.59. The minimum Gasteiger partial charge on any atom is -0.479 e. The number of amides is 1. The monoisotopic (exact) mass is 243 g/mol. The molecular formula is C10H10ClNO4. The third-order valence-electron chi connectivity index (χ3n) is 1.78. The summed E-state index contributed by atoms with van der Waals surface area (Å²) in [5.74, 6) is -1.67. The molecular weight excluding hydrogens is 234 g/mol. The number of halogens is 1. The van der Waals surface area contributed by atoms with Crippen molar-refractivity contribution in [2.75, 3.05) is 6.61 Å². The number of carbonyl (C=O) groups is 2. The van der Waals surface area contributed by atoms with Crippen molar-refractivity contribution in [1.29, 1.82) is 0 Å². The Morgan fingerprint density at radius 1 is 1.50 bits per heavy atom. The molecule has 0 unspecified atom stereocenters. The molecule has 1 aromatic rings. The van der Waals surface area contributed by atoms with Crippen LogP contribution in [0.15, 0.2) is 18.2 Å². The van der Waals surface area contributed by atoms with E-state index in [1.54, 1.807) is 19.1 Å². The summed E-state index contributed by atoms with van der Waals surface area (Å²) in [6, 6.07) is 4.69. The molecule has 0 aliphatic rings. The van der Waals surface area contributed by atoms with Gasteiger partial charge in [-0.15, -0.1) is 0 Å². The molecule has 0 bridgehead atoms. The van der Waals surface area contributed by atoms with Gasteiger partial charge in [-0.25, -0.2) is 10.3 Å². The van der Waals surface area contributed by atoms with Gasteiger partial charge >= 0.3 is 5.97 Å². The van der Waals surface area contributed by atoms with E-state index in [2.05, 4.69) is 4.84 Å². The molecule has 0 fully saturated rings. The van der Waals surface area contributed by atoms with Crippen molar-refractivity contribution in [2.45, 2.75) is 6.92 Å². The molecule has 0 aromatic heterocycles. The van der Waals surface area contributed by atoms with Crippen LogP contribution in [0.5, 0.6) is 0 Å². The maximum absolute atomic E-state index is 11.4. The normalized spacial score (nSPS) is 9.88. The van der Waals surface area contributed by atoms with Crippen LogP contribution in [0.25, 0.3) is 0 Å². The van der Waals surface area contributed by atoms with E-state index in [1.165, 1.54) is 6.07 Å². The second-order valence-electron chi connectivity index (χ2n) is 3.08. The topological polar surface area (TPSA) is 75.6 Å². The quantitative estimate of drug-likeness (QED) is 0.784. The molecule has 5 nitrogen and oxygen atoms in total. The lowest BCUT2D eigenvalue weighted by Crippen LogP contribution is -2.26. The Kier molecular flexibility index (Phi) is 4.28. The van der Waals surface area contributed by atoms with Gasteiger partial charge < -0.3 is 5.11 Å². The summed E-state index contributed by atoms with van der Waals surface area (Å²) >= 11 is 5.79. The zero-order valence-corrected chi connectivity index (χ0v) is 9.25. The zero-order chi connectivity index (χ0) is 12.1. The van der Waals surface area contributed by atoms with E-state index in [-0.39, 0.29) is 0 Å². The van der Waals surface area contributed by atoms with Crippen LogP contribution >= 0.6 is 11.6 Å². The summed E-state index contributed by atoms with van der Waals surface area (Å²) in [7, 11) is 0. The van der Waals surface area contributed by atoms with Crippen molar-refractivity contribution in [3.8, 4) is 0 Å². The van der Waals surface area contributed by atoms with E-state index in [1.807, 2.05) is 5.48 Å². The first-order chi connectivity index (χ1) is 7.50. The predicted molar refractivity (Wildman–Crippen MR) is 57.2 cm³/mol. The summed E-state index contributed by atoms with van der Waals surface area (Å²) in [6.07, 6.45) is 0. The number of aryl methyl sites for hydroxylation is 1. The molecule has 0 saturated carbocycles. The number of aliphatic carboxylic acids is 1. The Morgan fingerprint density at radius 2 is 2.19 bits per heavy atom. The van der Waals surface area contributed by atoms with Gasteiger partial charge in [0, 0.05) is 10.6 Å². The molecule has 2 N–H and O–H groups in total. The molecule has 0 aliphatic heterocycles. The number of carboxylic acids is 1. The Morgan fingerprint density at radius 3 is 2.75 bits per heavy atom. The van der Waals surface area contributed by atoms with Crippen molar-refractivity contribution in [3.63, 3.8) is 0 Å². The lowest BCUT2D eigenvalue weighted by molar-refractivity contribution is -0.144. The SMILES string of the molecule is Cc1cc(C(=O)NOCC(=O)O)ccc1Cl. The average molecular weight is 244 g/mol. The predicted octanol–water partition coefficient (Wildman–Crippen LogP) is 1.39. The van der Waals surface area contributed by atoms with Crippen molar-refractivity contribution in [2.24, 2.45) is 0 Å². The molecule has 0 atom stereocenters. The van der Waals surface area contributed by atoms with Crippen LogP contribution in [-0.4, -0.2) is 23.6 Å². The van der Waals surface area contributed by atoms with Gasteiger partial charge in [0.05, 0.1) is 0 Å². The van der Waals surface area contributed by atoms with Crippen LogP contribution in [0.1, 0.15) is 15.9 Å². The molecule has 0 spiro atoms. The van der Waals surface area contributed by atoms with Gasteiger partial charge in [0.1, 0.15) is 0 Å². The lowest BCUT2D eigenvalue weighted by Gasteiger charge is -2.05. The highest BCUT2D eigenvalue weighted by Crippen LogP contribution is 2.16. The standard InChI is InChI=1S/C10H10ClNO4/c1-6-4-7(2-3-8(6)11)10(15)12-16-5-9(13)14/h2-4H,5H2,1H3,(H,12,15)(H,13,14). The number of hydrogen-bond donors (Lipinski definition) is 2. The molecule has 0 saturated heterocycles. The third-order valence-corrected chi connectivity index (χ3v) is 2.20. The number of carbonyl (C=O) groups excluding carboxylic acids is 1. The largest absolute Gasteiger partial charge is 0.479 e. The second kappa shape index (κ2) is 5.48. The van der Waals surface area contributed by atoms with E-state index in [9.17, 15) is 9.59 Å². The minimum atomic E-state index is -1.16. The van der Waals surface area contributed by atoms with Crippen LogP contribution in [0.4, 0.5) is 0 Å². The maximum atomic E-state index is 11.4. The van der Waals surface area contributed by atoms with Crippen LogP contribution in [0.2, 0.25) is 5.02 Å². The number of carboxylic acid groups (broad SMARTS) is 1. The zero-order valence-electron chi connectivity index (χ0n) is 8.49. The highest BCUT2D eigenvalue weighted by molar-refractivity contribution is 6.31. The lowest BCUT2D eigenvalue weighted by atomic mass is 10.1. The van der Waals surface area contributed by atoms with Crippen LogP contribution in [-0.2, 0) is 9.63 Å². The van der Waals surface area contributed by atoms with Crippen molar-refractivity contribution in [1.82, 2.24) is 5.48 Å². The number of hydroxylamine groups is 1. The Bertz CT molecular complexity index is 419. The fourth-order valence-corrected chi connectivity index (χ4v) is 1.13. The summed E-state index contributed by atoms with van der Waals surface area (Å²) < 4.78 is 0. The molecule has 6 heteroatoms. The Labute approximate surface area is 96.9 Å². The first-order valence-corrected chi connectivity index (χ1v) is 4.78. The molecule has 0 aliphatic carbocycles. The summed E-state index contributed by atoms with van der Waals surface area (Å²) in [4.78, 5) is 26.0. The van der Waals surface area contributed by atoms with Gasteiger partial charge in [-0.3, -0.25) is 9.63 Å². The van der Waals surface area contributed by atoms with Crippen molar-refractivity contribution >= 4 is 23.5 Å². The average Bonchev–Trinajstić information content (AvgIpc) is 2.21. The molecule has 1 aromatic carbocycles. The fraction of sp³-hybridized carbons (Fsp3) is 0.200. The molecule has 86 valence electrons. The first-order valence-electron chi connectivity index (χ1n) is 4.41. The molecule has 16 heavy (non-hydrogen) atoms. The summed E-state index contributed by atoms with van der Waals surface area (Å²) in [5, 5.41) is 8.84. The summed E-state index contributed by atoms with van der Waals surface area (Å²) in [6.45, 7) is 1.18. The number of nitrogens with one attached hydrogen (secondary N) is 1. The summed E-state index contributed by atoms with van der Waals surface area (Å²) in [5.41, 5.74) is 3.13. The molecule has 1 rings (SSSR count). The van der Waals surface area contributed by atoms with Gasteiger partial charge in [0.25, 0.3) is 5.91 Å². The first kappa shape index (κ1) is 12.5. The fourth-order valence-electron chi connectivity index (χ4n) is 1.01. The van der Waals surface area contributed by atoms with E-state index < -0.39 is 18.5 Å². The Hall–Kier alpha value is -1.59.